The summed E-state index contributed by atoms with van der Waals surface area (Å²) in [6.07, 6.45) is 4.77. The third-order valence-electron chi connectivity index (χ3n) is 8.71. The molecule has 40 heavy (non-hydrogen) atoms. The van der Waals surface area contributed by atoms with Gasteiger partial charge in [0.1, 0.15) is 11.2 Å². The summed E-state index contributed by atoms with van der Waals surface area (Å²) in [5.74, 6) is 0.0208. The van der Waals surface area contributed by atoms with Gasteiger partial charge >= 0.3 is 0 Å². The largest absolute Gasteiger partial charge is 0.299 e. The van der Waals surface area contributed by atoms with Crippen LogP contribution in [0.1, 0.15) is 59.4 Å². The van der Waals surface area contributed by atoms with Gasteiger partial charge in [0.25, 0.3) is 0 Å². The predicted molar refractivity (Wildman–Crippen MR) is 160 cm³/mol. The topological polar surface area (TPSA) is 78.4 Å². The average Bonchev–Trinajstić information content (AvgIpc) is 3.56. The Labute approximate surface area is 243 Å². The van der Waals surface area contributed by atoms with Gasteiger partial charge in [0, 0.05) is 41.8 Å². The maximum Gasteiger partial charge on any atom is 0.243 e. The molecular weight excluding hydrogens is 539 g/mol. The summed E-state index contributed by atoms with van der Waals surface area (Å²) in [5, 5.41) is 5.79. The molecule has 0 bridgehead atoms. The fourth-order valence-electron chi connectivity index (χ4n) is 6.61. The van der Waals surface area contributed by atoms with E-state index in [0.29, 0.717) is 25.3 Å². The first-order chi connectivity index (χ1) is 19.6. The summed E-state index contributed by atoms with van der Waals surface area (Å²) in [6.45, 7) is 3.58. The van der Waals surface area contributed by atoms with Crippen LogP contribution in [-0.4, -0.2) is 50.7 Å². The number of amides is 2. The van der Waals surface area contributed by atoms with Crippen molar-refractivity contribution in [3.05, 3.63) is 82.6 Å². The molecule has 2 fully saturated rings. The number of hydrogen-bond acceptors (Lipinski definition) is 8. The van der Waals surface area contributed by atoms with E-state index in [4.69, 9.17) is 17.6 Å². The molecule has 2 aromatic carbocycles. The lowest BCUT2D eigenvalue weighted by Gasteiger charge is -2.33. The summed E-state index contributed by atoms with van der Waals surface area (Å²) >= 11 is 6.60. The Morgan fingerprint density at radius 2 is 1.82 bits per heavy atom. The van der Waals surface area contributed by atoms with E-state index in [0.717, 1.165) is 37.3 Å². The number of benzene rings is 2. The highest BCUT2D eigenvalue weighted by Gasteiger charge is 2.40. The molecule has 7 nitrogen and oxygen atoms in total. The molecule has 204 valence electrons. The number of nitrogens with one attached hydrogen (secondary N) is 1. The van der Waals surface area contributed by atoms with Crippen molar-refractivity contribution in [1.29, 1.82) is 0 Å². The zero-order valence-electron chi connectivity index (χ0n) is 22.1. The minimum absolute atomic E-state index is 0.144. The molecule has 0 aliphatic carbocycles. The van der Waals surface area contributed by atoms with Crippen LogP contribution in [-0.2, 0) is 22.7 Å². The van der Waals surface area contributed by atoms with E-state index in [1.54, 1.807) is 17.7 Å². The second kappa shape index (κ2) is 10.7. The molecule has 2 unspecified atom stereocenters. The van der Waals surface area contributed by atoms with E-state index >= 15 is 0 Å². The molecule has 4 aromatic rings. The number of hydrogen-bond donors (Lipinski definition) is 2. The van der Waals surface area contributed by atoms with Gasteiger partial charge in [-0.05, 0) is 54.6 Å². The SMILES string of the molecule is O=C1CCC(N2Cc3c(CN4CCC(c5ncnc6scc(-c7ccccc7)c56)CC4)cccc3C2S)C(=O)N1. The maximum atomic E-state index is 12.6. The molecule has 1 N–H and O–H groups in total. The van der Waals surface area contributed by atoms with E-state index in [1.807, 2.05) is 0 Å². The van der Waals surface area contributed by atoms with Crippen LogP contribution in [0.25, 0.3) is 21.3 Å². The van der Waals surface area contributed by atoms with E-state index in [-0.39, 0.29) is 23.2 Å². The first kappa shape index (κ1) is 25.8. The van der Waals surface area contributed by atoms with Gasteiger partial charge in [-0.2, -0.15) is 12.6 Å². The van der Waals surface area contributed by atoms with Gasteiger partial charge in [-0.15, -0.1) is 11.3 Å². The normalized spacial score (nSPS) is 22.5. The first-order valence-electron chi connectivity index (χ1n) is 13.9. The number of imide groups is 1. The van der Waals surface area contributed by atoms with E-state index in [9.17, 15) is 9.59 Å². The Morgan fingerprint density at radius 1 is 1.00 bits per heavy atom. The molecule has 9 heteroatoms. The Kier molecular flexibility index (Phi) is 6.91. The van der Waals surface area contributed by atoms with E-state index in [2.05, 4.69) is 74.0 Å². The van der Waals surface area contributed by atoms with Crippen LogP contribution < -0.4 is 5.32 Å². The van der Waals surface area contributed by atoms with Crippen LogP contribution >= 0.6 is 24.0 Å². The zero-order chi connectivity index (χ0) is 27.2. The smallest absolute Gasteiger partial charge is 0.243 e. The highest BCUT2D eigenvalue weighted by atomic mass is 32.1. The molecular formula is C31H31N5O2S2. The second-order valence-corrected chi connectivity index (χ2v) is 12.3. The van der Waals surface area contributed by atoms with Crippen molar-refractivity contribution in [3.63, 3.8) is 0 Å². The lowest BCUT2D eigenvalue weighted by Crippen LogP contribution is -2.51. The van der Waals surface area contributed by atoms with Gasteiger partial charge in [0.2, 0.25) is 11.8 Å². The van der Waals surface area contributed by atoms with Gasteiger partial charge < -0.3 is 0 Å². The molecule has 2 saturated heterocycles. The summed E-state index contributed by atoms with van der Waals surface area (Å²) in [7, 11) is 0. The van der Waals surface area contributed by atoms with Crippen molar-refractivity contribution < 1.29 is 9.59 Å². The fourth-order valence-corrected chi connectivity index (χ4v) is 8.02. The van der Waals surface area contributed by atoms with Crippen molar-refractivity contribution in [1.82, 2.24) is 25.1 Å². The highest BCUT2D eigenvalue weighted by Crippen LogP contribution is 2.42. The zero-order valence-corrected chi connectivity index (χ0v) is 23.8. The van der Waals surface area contributed by atoms with Crippen LogP contribution in [0.15, 0.2) is 60.2 Å². The van der Waals surface area contributed by atoms with Gasteiger partial charge in [0.15, 0.2) is 0 Å². The number of nitrogens with zero attached hydrogens (tertiary/aromatic N) is 4. The highest BCUT2D eigenvalue weighted by molar-refractivity contribution is 7.80. The third kappa shape index (κ3) is 4.64. The summed E-state index contributed by atoms with van der Waals surface area (Å²) in [4.78, 5) is 39.4. The number of aromatic nitrogens is 2. The van der Waals surface area contributed by atoms with Crippen LogP contribution in [0.4, 0.5) is 0 Å². The number of rotatable bonds is 5. The number of carbonyl (C=O) groups excluding carboxylic acids is 2. The Morgan fingerprint density at radius 3 is 2.62 bits per heavy atom. The molecule has 2 amide bonds. The van der Waals surface area contributed by atoms with E-state index in [1.165, 1.54) is 38.9 Å². The van der Waals surface area contributed by atoms with Gasteiger partial charge in [0.05, 0.1) is 17.1 Å². The fraction of sp³-hybridized carbons (Fsp3) is 0.355. The predicted octanol–water partition coefficient (Wildman–Crippen LogP) is 5.29. The minimum atomic E-state index is -0.321. The second-order valence-electron chi connectivity index (χ2n) is 11.0. The lowest BCUT2D eigenvalue weighted by atomic mass is 9.89. The standard InChI is InChI=1S/C31H31N5O2S2/c37-26-10-9-25(29(38)34-26)36-16-23-21(7-4-8-22(23)31(36)39)15-35-13-11-20(12-14-35)28-27-24(19-5-2-1-3-6-19)17-40-30(27)33-18-32-28/h1-8,17-18,20,25,31,39H,9-16H2,(H,34,37,38). The minimum Gasteiger partial charge on any atom is -0.299 e. The van der Waals surface area contributed by atoms with E-state index < -0.39 is 0 Å². The molecule has 0 saturated carbocycles. The number of thiol groups is 1. The number of piperidine rings is 2. The molecule has 3 aliphatic heterocycles. The van der Waals surface area contributed by atoms with Gasteiger partial charge in [-0.3, -0.25) is 24.7 Å². The van der Waals surface area contributed by atoms with Crippen molar-refractivity contribution in [3.8, 4) is 11.1 Å². The Balaban J connectivity index is 1.06. The Bertz CT molecular complexity index is 1580. The monoisotopic (exact) mass is 569 g/mol. The van der Waals surface area contributed by atoms with Crippen LogP contribution in [0.5, 0.6) is 0 Å². The molecule has 2 atom stereocenters. The van der Waals surface area contributed by atoms with Crippen molar-refractivity contribution >= 4 is 46.0 Å². The van der Waals surface area contributed by atoms with Crippen LogP contribution in [0.3, 0.4) is 0 Å². The van der Waals surface area contributed by atoms with Crippen LogP contribution in [0.2, 0.25) is 0 Å². The average molecular weight is 570 g/mol. The first-order valence-corrected chi connectivity index (χ1v) is 15.3. The summed E-state index contributed by atoms with van der Waals surface area (Å²) < 4.78 is 0. The van der Waals surface area contributed by atoms with Crippen molar-refractivity contribution in [2.45, 2.75) is 56.1 Å². The molecule has 5 heterocycles. The van der Waals surface area contributed by atoms with Gasteiger partial charge in [-0.25, -0.2) is 9.97 Å². The molecule has 7 rings (SSSR count). The molecule has 0 radical (unpaired) electrons. The maximum absolute atomic E-state index is 12.6. The molecule has 3 aliphatic rings. The Hall–Kier alpha value is -3.11. The third-order valence-corrected chi connectivity index (χ3v) is 10.2. The summed E-state index contributed by atoms with van der Waals surface area (Å²) in [5.41, 5.74) is 7.39. The van der Waals surface area contributed by atoms with Gasteiger partial charge in [-0.1, -0.05) is 48.5 Å². The molecule has 0 spiro atoms. The molecule has 2 aromatic heterocycles. The van der Waals surface area contributed by atoms with Crippen molar-refractivity contribution in [2.24, 2.45) is 0 Å². The number of fused-ring (bicyclic) bond motifs is 2. The lowest BCUT2D eigenvalue weighted by molar-refractivity contribution is -0.137. The van der Waals surface area contributed by atoms with Crippen LogP contribution in [0, 0.1) is 0 Å². The number of thiophene rings is 1. The quantitative estimate of drug-likeness (QED) is 0.251. The number of likely N-dealkylation sites (tertiary alicyclic amines) is 1. The van der Waals surface area contributed by atoms with Crippen molar-refractivity contribution in [2.75, 3.05) is 13.1 Å². The number of carbonyl (C=O) groups is 2. The summed E-state index contributed by atoms with van der Waals surface area (Å²) in [6, 6.07) is 16.7.